The van der Waals surface area contributed by atoms with Crippen molar-refractivity contribution in [1.82, 2.24) is 24.3 Å². The van der Waals surface area contributed by atoms with E-state index in [9.17, 15) is 9.59 Å². The highest BCUT2D eigenvalue weighted by atomic mass is 16.2. The maximum absolute atomic E-state index is 13.4. The molecule has 0 aliphatic carbocycles. The fourth-order valence-electron chi connectivity index (χ4n) is 4.41. The summed E-state index contributed by atoms with van der Waals surface area (Å²) in [4.78, 5) is 39.7. The Morgan fingerprint density at radius 3 is 2.21 bits per heavy atom. The normalized spacial score (nSPS) is 14.4. The van der Waals surface area contributed by atoms with Gasteiger partial charge in [-0.05, 0) is 29.7 Å². The van der Waals surface area contributed by atoms with Crippen molar-refractivity contribution in [3.63, 3.8) is 0 Å². The molecule has 1 amide bonds. The van der Waals surface area contributed by atoms with Crippen molar-refractivity contribution >= 4 is 17.1 Å². The lowest BCUT2D eigenvalue weighted by Crippen LogP contribution is -2.49. The number of piperazine rings is 1. The van der Waals surface area contributed by atoms with E-state index in [1.54, 1.807) is 27.8 Å². The molecule has 5 rings (SSSR count). The van der Waals surface area contributed by atoms with Gasteiger partial charge >= 0.3 is 0 Å². The van der Waals surface area contributed by atoms with Gasteiger partial charge in [-0.25, -0.2) is 9.97 Å². The molecule has 3 heterocycles. The molecule has 1 fully saturated rings. The van der Waals surface area contributed by atoms with Gasteiger partial charge < -0.3 is 4.90 Å². The number of hydrogen-bond donors (Lipinski definition) is 0. The van der Waals surface area contributed by atoms with Crippen LogP contribution in [0.2, 0.25) is 0 Å². The number of fused-ring (bicyclic) bond motifs is 1. The molecule has 0 unspecified atom stereocenters. The quantitative estimate of drug-likeness (QED) is 0.449. The minimum absolute atomic E-state index is 0.0231. The van der Waals surface area contributed by atoms with Crippen LogP contribution in [0.4, 0.5) is 0 Å². The van der Waals surface area contributed by atoms with Crippen LogP contribution < -0.4 is 5.56 Å². The van der Waals surface area contributed by atoms with E-state index in [1.807, 2.05) is 48.5 Å². The molecule has 0 saturated carbocycles. The highest BCUT2D eigenvalue weighted by molar-refractivity contribution is 5.93. The fraction of sp³-hybridized carbons (Fsp3) is 0.259. The molecule has 1 saturated heterocycles. The van der Waals surface area contributed by atoms with Gasteiger partial charge in [-0.3, -0.25) is 19.1 Å². The largest absolute Gasteiger partial charge is 0.335 e. The zero-order chi connectivity index (χ0) is 23.3. The summed E-state index contributed by atoms with van der Waals surface area (Å²) < 4.78 is 1.59. The zero-order valence-electron chi connectivity index (χ0n) is 19.0. The van der Waals surface area contributed by atoms with Crippen molar-refractivity contribution in [3.05, 3.63) is 106 Å². The lowest BCUT2D eigenvalue weighted by Gasteiger charge is -2.34. The van der Waals surface area contributed by atoms with Crippen molar-refractivity contribution in [1.29, 1.82) is 0 Å². The summed E-state index contributed by atoms with van der Waals surface area (Å²) in [7, 11) is 0. The third-order valence-electron chi connectivity index (χ3n) is 6.28. The average Bonchev–Trinajstić information content (AvgIpc) is 2.89. The van der Waals surface area contributed by atoms with Gasteiger partial charge in [0.05, 0.1) is 0 Å². The molecule has 1 aliphatic rings. The molecule has 34 heavy (non-hydrogen) atoms. The van der Waals surface area contributed by atoms with Gasteiger partial charge in [-0.15, -0.1) is 0 Å². The molecule has 4 aromatic rings. The molecular weight excluding hydrogens is 426 g/mol. The summed E-state index contributed by atoms with van der Waals surface area (Å²) in [5, 5.41) is 0. The molecule has 0 radical (unpaired) electrons. The molecule has 172 valence electrons. The van der Waals surface area contributed by atoms with Crippen LogP contribution in [0.1, 0.15) is 21.6 Å². The Kier molecular flexibility index (Phi) is 6.44. The number of rotatable bonds is 6. The number of benzene rings is 2. The molecule has 2 aromatic carbocycles. The molecule has 0 bridgehead atoms. The van der Waals surface area contributed by atoms with Crippen molar-refractivity contribution in [2.45, 2.75) is 19.5 Å². The zero-order valence-corrected chi connectivity index (χ0v) is 19.0. The molecule has 1 aliphatic heterocycles. The maximum atomic E-state index is 13.4. The second kappa shape index (κ2) is 9.97. The maximum Gasteiger partial charge on any atom is 0.283 e. The van der Waals surface area contributed by atoms with Gasteiger partial charge in [0, 0.05) is 45.5 Å². The summed E-state index contributed by atoms with van der Waals surface area (Å²) in [6.07, 6.45) is 2.32. The summed E-state index contributed by atoms with van der Waals surface area (Å²) >= 11 is 0. The second-order valence-electron chi connectivity index (χ2n) is 8.55. The van der Waals surface area contributed by atoms with E-state index in [0.29, 0.717) is 37.2 Å². The van der Waals surface area contributed by atoms with Crippen molar-refractivity contribution in [3.8, 4) is 0 Å². The highest BCUT2D eigenvalue weighted by Crippen LogP contribution is 2.13. The standard InChI is InChI=1S/C27H27N5O2/c33-26(31-18-16-30(17-19-31)20-22-10-5-2-6-11-22)24-27(34)32(15-13-21-8-3-1-4-9-21)25-23(29-24)12-7-14-28-25/h1-12,14H,13,15-20H2. The Hall–Kier alpha value is -3.84. The molecular formula is C27H27N5O2. The number of amides is 1. The summed E-state index contributed by atoms with van der Waals surface area (Å²) in [5.41, 5.74) is 3.04. The first-order valence-corrected chi connectivity index (χ1v) is 11.6. The molecule has 0 N–H and O–H groups in total. The summed E-state index contributed by atoms with van der Waals surface area (Å²) in [5.74, 6) is -0.302. The number of carbonyl (C=O) groups is 1. The fourth-order valence-corrected chi connectivity index (χ4v) is 4.41. The van der Waals surface area contributed by atoms with E-state index in [4.69, 9.17) is 0 Å². The number of pyridine rings is 1. The number of aryl methyl sites for hydroxylation is 2. The lowest BCUT2D eigenvalue weighted by molar-refractivity contribution is 0.0620. The van der Waals surface area contributed by atoms with Crippen molar-refractivity contribution in [2.24, 2.45) is 0 Å². The van der Waals surface area contributed by atoms with E-state index in [1.165, 1.54) is 5.56 Å². The molecule has 7 nitrogen and oxygen atoms in total. The predicted molar refractivity (Wildman–Crippen MR) is 132 cm³/mol. The van der Waals surface area contributed by atoms with Gasteiger partial charge in [0.25, 0.3) is 11.5 Å². The van der Waals surface area contributed by atoms with E-state index in [-0.39, 0.29) is 17.2 Å². The number of aromatic nitrogens is 3. The number of carbonyl (C=O) groups excluding carboxylic acids is 1. The van der Waals surface area contributed by atoms with Crippen LogP contribution in [0.3, 0.4) is 0 Å². The van der Waals surface area contributed by atoms with E-state index in [0.717, 1.165) is 25.2 Å². The smallest absolute Gasteiger partial charge is 0.283 e. The second-order valence-corrected chi connectivity index (χ2v) is 8.55. The Morgan fingerprint density at radius 1 is 0.824 bits per heavy atom. The first-order valence-electron chi connectivity index (χ1n) is 11.6. The Morgan fingerprint density at radius 2 is 1.50 bits per heavy atom. The third kappa shape index (κ3) is 4.75. The Bertz CT molecular complexity index is 1330. The van der Waals surface area contributed by atoms with Crippen molar-refractivity contribution in [2.75, 3.05) is 26.2 Å². The van der Waals surface area contributed by atoms with Gasteiger partial charge in [0.2, 0.25) is 0 Å². The minimum atomic E-state index is -0.376. The number of nitrogens with zero attached hydrogens (tertiary/aromatic N) is 5. The topological polar surface area (TPSA) is 71.3 Å². The highest BCUT2D eigenvalue weighted by Gasteiger charge is 2.26. The SMILES string of the molecule is O=C(c1nc2cccnc2n(CCc2ccccc2)c1=O)N1CCN(Cc2ccccc2)CC1. The Labute approximate surface area is 198 Å². The van der Waals surface area contributed by atoms with Gasteiger partial charge in [0.15, 0.2) is 11.3 Å². The lowest BCUT2D eigenvalue weighted by atomic mass is 10.1. The molecule has 0 spiro atoms. The van der Waals surface area contributed by atoms with Crippen LogP contribution in [0.15, 0.2) is 83.8 Å². The van der Waals surface area contributed by atoms with E-state index < -0.39 is 0 Å². The first kappa shape index (κ1) is 22.0. The van der Waals surface area contributed by atoms with Gasteiger partial charge in [-0.2, -0.15) is 0 Å². The summed E-state index contributed by atoms with van der Waals surface area (Å²) in [6.45, 7) is 3.96. The van der Waals surface area contributed by atoms with Gasteiger partial charge in [0.1, 0.15) is 5.52 Å². The summed E-state index contributed by atoms with van der Waals surface area (Å²) in [6, 6.07) is 23.9. The molecule has 7 heteroatoms. The predicted octanol–water partition coefficient (Wildman–Crippen LogP) is 2.99. The van der Waals surface area contributed by atoms with Crippen LogP contribution in [0.25, 0.3) is 11.2 Å². The number of hydrogen-bond acceptors (Lipinski definition) is 5. The minimum Gasteiger partial charge on any atom is -0.335 e. The van der Waals surface area contributed by atoms with Crippen LogP contribution >= 0.6 is 0 Å². The van der Waals surface area contributed by atoms with Crippen molar-refractivity contribution < 1.29 is 4.79 Å². The molecule has 0 atom stereocenters. The van der Waals surface area contributed by atoms with Crippen LogP contribution in [-0.4, -0.2) is 56.4 Å². The van der Waals surface area contributed by atoms with Crippen LogP contribution in [-0.2, 0) is 19.5 Å². The molecule has 2 aromatic heterocycles. The van der Waals surface area contributed by atoms with E-state index >= 15 is 0 Å². The van der Waals surface area contributed by atoms with Crippen LogP contribution in [0, 0.1) is 0 Å². The van der Waals surface area contributed by atoms with Crippen LogP contribution in [0.5, 0.6) is 0 Å². The third-order valence-corrected chi connectivity index (χ3v) is 6.28. The Balaban J connectivity index is 1.35. The first-order chi connectivity index (χ1) is 16.7. The average molecular weight is 454 g/mol. The van der Waals surface area contributed by atoms with Gasteiger partial charge in [-0.1, -0.05) is 60.7 Å². The van der Waals surface area contributed by atoms with E-state index in [2.05, 4.69) is 27.0 Å². The monoisotopic (exact) mass is 453 g/mol.